The summed E-state index contributed by atoms with van der Waals surface area (Å²) in [4.78, 5) is 15.7. The number of nitrogens with zero attached hydrogens (tertiary/aromatic N) is 2. The van der Waals surface area contributed by atoms with Crippen molar-refractivity contribution < 1.29 is 27.8 Å². The molecule has 2 aromatic carbocycles. The van der Waals surface area contributed by atoms with Gasteiger partial charge in [-0.2, -0.15) is 13.2 Å². The van der Waals surface area contributed by atoms with Crippen LogP contribution in [0.15, 0.2) is 48.5 Å². The molecular formula is C23H24ClF3N2O3. The summed E-state index contributed by atoms with van der Waals surface area (Å²) in [6.07, 6.45) is -3.77. The Balaban J connectivity index is 1.29. The van der Waals surface area contributed by atoms with Gasteiger partial charge in [-0.05, 0) is 55.2 Å². The highest BCUT2D eigenvalue weighted by Crippen LogP contribution is 2.35. The number of anilines is 1. The zero-order valence-corrected chi connectivity index (χ0v) is 18.1. The Morgan fingerprint density at radius 3 is 2.47 bits per heavy atom. The van der Waals surface area contributed by atoms with E-state index in [-0.39, 0.29) is 12.2 Å². The molecule has 1 atom stereocenters. The Hall–Kier alpha value is -2.29. The van der Waals surface area contributed by atoms with Crippen LogP contribution in [-0.2, 0) is 16.5 Å². The van der Waals surface area contributed by atoms with Crippen molar-refractivity contribution in [2.45, 2.75) is 37.1 Å². The minimum Gasteiger partial charge on any atom is -0.444 e. The normalized spacial score (nSPS) is 21.6. The second-order valence-electron chi connectivity index (χ2n) is 8.33. The number of ether oxygens (including phenoxy) is 1. The van der Waals surface area contributed by atoms with Crippen LogP contribution in [0.2, 0.25) is 5.02 Å². The first kappa shape index (κ1) is 22.9. The van der Waals surface area contributed by atoms with Crippen LogP contribution >= 0.6 is 11.6 Å². The van der Waals surface area contributed by atoms with Crippen molar-refractivity contribution >= 4 is 23.4 Å². The molecule has 9 heteroatoms. The van der Waals surface area contributed by atoms with Gasteiger partial charge in [-0.25, -0.2) is 4.79 Å². The van der Waals surface area contributed by atoms with E-state index in [9.17, 15) is 23.1 Å². The quantitative estimate of drug-likeness (QED) is 0.666. The first-order valence-electron chi connectivity index (χ1n) is 10.5. The van der Waals surface area contributed by atoms with Gasteiger partial charge in [0.15, 0.2) is 0 Å². The van der Waals surface area contributed by atoms with Gasteiger partial charge in [-0.15, -0.1) is 0 Å². The van der Waals surface area contributed by atoms with Crippen molar-refractivity contribution in [2.75, 3.05) is 31.1 Å². The molecule has 1 amide bonds. The van der Waals surface area contributed by atoms with Gasteiger partial charge >= 0.3 is 12.3 Å². The number of benzene rings is 2. The van der Waals surface area contributed by atoms with Crippen molar-refractivity contribution in [1.29, 1.82) is 0 Å². The molecule has 0 aromatic heterocycles. The van der Waals surface area contributed by atoms with E-state index in [1.54, 1.807) is 12.1 Å². The topological polar surface area (TPSA) is 53.0 Å². The van der Waals surface area contributed by atoms with Gasteiger partial charge in [-0.1, -0.05) is 29.8 Å². The summed E-state index contributed by atoms with van der Waals surface area (Å²) in [6, 6.07) is 11.9. The average molecular weight is 469 g/mol. The van der Waals surface area contributed by atoms with Crippen LogP contribution in [0, 0.1) is 0 Å². The molecule has 2 aliphatic rings. The number of rotatable bonds is 5. The number of alkyl halides is 3. The van der Waals surface area contributed by atoms with E-state index in [0.717, 1.165) is 17.7 Å². The molecule has 4 rings (SSSR count). The van der Waals surface area contributed by atoms with Crippen LogP contribution in [0.4, 0.5) is 23.7 Å². The molecule has 2 aliphatic heterocycles. The minimum absolute atomic E-state index is 0.179. The van der Waals surface area contributed by atoms with Crippen LogP contribution in [0.3, 0.4) is 0 Å². The van der Waals surface area contributed by atoms with Crippen molar-refractivity contribution in [1.82, 2.24) is 4.90 Å². The Bertz CT molecular complexity index is 960. The third-order valence-corrected chi connectivity index (χ3v) is 6.44. The Morgan fingerprint density at radius 2 is 1.81 bits per heavy atom. The maximum atomic E-state index is 13.0. The number of amides is 1. The summed E-state index contributed by atoms with van der Waals surface area (Å²) < 4.78 is 44.3. The number of carbonyl (C=O) groups excluding carboxylic acids is 1. The summed E-state index contributed by atoms with van der Waals surface area (Å²) >= 11 is 5.93. The minimum atomic E-state index is -4.47. The number of cyclic esters (lactones) is 1. The SMILES string of the molecule is O=C1OC(CCN2CCC(O)(c3ccc(Cl)cc3)CC2)CN1c1cccc(C(F)(F)F)c1. The summed E-state index contributed by atoms with van der Waals surface area (Å²) in [5.74, 6) is 0. The summed E-state index contributed by atoms with van der Waals surface area (Å²) in [6.45, 7) is 2.27. The van der Waals surface area contributed by atoms with E-state index in [0.29, 0.717) is 43.9 Å². The highest BCUT2D eigenvalue weighted by atomic mass is 35.5. The summed E-state index contributed by atoms with van der Waals surface area (Å²) in [5, 5.41) is 11.6. The highest BCUT2D eigenvalue weighted by molar-refractivity contribution is 6.30. The van der Waals surface area contributed by atoms with Crippen LogP contribution in [0.5, 0.6) is 0 Å². The van der Waals surface area contributed by atoms with Gasteiger partial charge in [0.2, 0.25) is 0 Å². The van der Waals surface area contributed by atoms with Crippen molar-refractivity contribution in [3.8, 4) is 0 Å². The maximum absolute atomic E-state index is 13.0. The van der Waals surface area contributed by atoms with Crippen molar-refractivity contribution in [3.05, 3.63) is 64.7 Å². The van der Waals surface area contributed by atoms with Crippen LogP contribution < -0.4 is 4.90 Å². The molecule has 0 bridgehead atoms. The summed E-state index contributed by atoms with van der Waals surface area (Å²) in [5.41, 5.74) is -0.657. The predicted octanol–water partition coefficient (Wildman–Crippen LogP) is 5.06. The molecule has 5 nitrogen and oxygen atoms in total. The molecule has 1 N–H and O–H groups in total. The lowest BCUT2D eigenvalue weighted by Gasteiger charge is -2.38. The average Bonchev–Trinajstić information content (AvgIpc) is 3.14. The molecular weight excluding hydrogens is 445 g/mol. The number of likely N-dealkylation sites (tertiary alicyclic amines) is 1. The molecule has 172 valence electrons. The molecule has 0 aliphatic carbocycles. The van der Waals surface area contributed by atoms with Crippen molar-refractivity contribution in [2.24, 2.45) is 0 Å². The van der Waals surface area contributed by atoms with Gasteiger partial charge in [0.05, 0.1) is 17.7 Å². The first-order chi connectivity index (χ1) is 15.1. The van der Waals surface area contributed by atoms with Gasteiger partial charge in [0.25, 0.3) is 0 Å². The fraction of sp³-hybridized carbons (Fsp3) is 0.435. The maximum Gasteiger partial charge on any atom is 0.416 e. The van der Waals surface area contributed by atoms with E-state index >= 15 is 0 Å². The van der Waals surface area contributed by atoms with E-state index < -0.39 is 29.5 Å². The highest BCUT2D eigenvalue weighted by Gasteiger charge is 2.37. The molecule has 32 heavy (non-hydrogen) atoms. The second kappa shape index (κ2) is 8.92. The summed E-state index contributed by atoms with van der Waals surface area (Å²) in [7, 11) is 0. The number of aliphatic hydroxyl groups is 1. The number of hydrogen-bond acceptors (Lipinski definition) is 4. The predicted molar refractivity (Wildman–Crippen MR) is 115 cm³/mol. The monoisotopic (exact) mass is 468 g/mol. The number of halogens is 4. The third-order valence-electron chi connectivity index (χ3n) is 6.19. The van der Waals surface area contributed by atoms with Crippen LogP contribution in [-0.4, -0.2) is 48.4 Å². The number of piperidine rings is 1. The van der Waals surface area contributed by atoms with Gasteiger partial charge in [0, 0.05) is 30.3 Å². The van der Waals surface area contributed by atoms with E-state index in [2.05, 4.69) is 4.90 Å². The first-order valence-corrected chi connectivity index (χ1v) is 10.9. The Kier molecular flexibility index (Phi) is 6.38. The van der Waals surface area contributed by atoms with Crippen LogP contribution in [0.1, 0.15) is 30.4 Å². The van der Waals surface area contributed by atoms with E-state index in [1.807, 2.05) is 12.1 Å². The van der Waals surface area contributed by atoms with Gasteiger partial charge in [-0.3, -0.25) is 4.90 Å². The molecule has 0 radical (unpaired) electrons. The molecule has 2 saturated heterocycles. The largest absolute Gasteiger partial charge is 0.444 e. The molecule has 0 saturated carbocycles. The van der Waals surface area contributed by atoms with Gasteiger partial charge in [0.1, 0.15) is 6.10 Å². The lowest BCUT2D eigenvalue weighted by Crippen LogP contribution is -2.43. The molecule has 2 aromatic rings. The standard InChI is InChI=1S/C23H24ClF3N2O3/c24-18-6-4-16(5-7-18)22(31)9-12-28(13-10-22)11-8-20-15-29(21(30)32-20)19-3-1-2-17(14-19)23(25,26)27/h1-7,14,20,31H,8-13,15H2. The molecule has 1 unspecified atom stereocenters. The fourth-order valence-corrected chi connectivity index (χ4v) is 4.38. The Morgan fingerprint density at radius 1 is 1.12 bits per heavy atom. The lowest BCUT2D eigenvalue weighted by molar-refractivity contribution is -0.137. The zero-order chi connectivity index (χ0) is 22.9. The second-order valence-corrected chi connectivity index (χ2v) is 8.77. The number of carbonyl (C=O) groups is 1. The van der Waals surface area contributed by atoms with E-state index in [4.69, 9.17) is 16.3 Å². The molecule has 0 spiro atoms. The van der Waals surface area contributed by atoms with Crippen LogP contribution in [0.25, 0.3) is 0 Å². The van der Waals surface area contributed by atoms with Gasteiger partial charge < -0.3 is 14.7 Å². The smallest absolute Gasteiger partial charge is 0.416 e. The molecule has 2 fully saturated rings. The van der Waals surface area contributed by atoms with Crippen molar-refractivity contribution in [3.63, 3.8) is 0 Å². The zero-order valence-electron chi connectivity index (χ0n) is 17.3. The Labute approximate surface area is 189 Å². The fourth-order valence-electron chi connectivity index (χ4n) is 4.25. The van der Waals surface area contributed by atoms with E-state index in [1.165, 1.54) is 17.0 Å². The lowest BCUT2D eigenvalue weighted by atomic mass is 9.84. The third kappa shape index (κ3) is 5.03. The number of hydrogen-bond donors (Lipinski definition) is 1. The molecule has 2 heterocycles.